The van der Waals surface area contributed by atoms with Crippen LogP contribution in [0.25, 0.3) is 11.2 Å². The summed E-state index contributed by atoms with van der Waals surface area (Å²) in [5.41, 5.74) is 1.77. The number of aromatic amines is 1. The zero-order valence-electron chi connectivity index (χ0n) is 14.3. The average molecular weight is 359 g/mol. The quantitative estimate of drug-likeness (QED) is 0.445. The highest BCUT2D eigenvalue weighted by molar-refractivity contribution is 5.83. The summed E-state index contributed by atoms with van der Waals surface area (Å²) in [5, 5.41) is 17.5. The van der Waals surface area contributed by atoms with E-state index < -0.39 is 5.83 Å². The van der Waals surface area contributed by atoms with Gasteiger partial charge in [0.1, 0.15) is 11.3 Å². The van der Waals surface area contributed by atoms with E-state index in [1.54, 1.807) is 6.33 Å². The molecule has 9 heteroatoms. The van der Waals surface area contributed by atoms with Crippen LogP contribution in [-0.2, 0) is 0 Å². The van der Waals surface area contributed by atoms with Crippen LogP contribution in [0, 0.1) is 5.21 Å². The van der Waals surface area contributed by atoms with Crippen molar-refractivity contribution in [2.75, 3.05) is 10.6 Å². The van der Waals surface area contributed by atoms with Gasteiger partial charge in [0.25, 0.3) is 0 Å². The Bertz CT molecular complexity index is 824. The maximum Gasteiger partial charge on any atom is 0.235 e. The van der Waals surface area contributed by atoms with Crippen molar-refractivity contribution in [1.82, 2.24) is 19.9 Å². The summed E-state index contributed by atoms with van der Waals surface area (Å²) in [7, 11) is 0. The van der Waals surface area contributed by atoms with Crippen molar-refractivity contribution in [3.8, 4) is 0 Å². The molecule has 0 aliphatic heterocycles. The van der Waals surface area contributed by atoms with Gasteiger partial charge < -0.3 is 21.0 Å². The first kappa shape index (κ1) is 18.0. The first-order valence-electron chi connectivity index (χ1n) is 8.59. The number of allylic oxidation sites excluding steroid dienone is 4. The molecule has 0 amide bonds. The Hall–Kier alpha value is -2.78. The van der Waals surface area contributed by atoms with Gasteiger partial charge in [0.2, 0.25) is 11.8 Å². The number of H-pyrrole nitrogens is 1. The number of halogens is 1. The number of quaternary nitrogens is 1. The molecule has 1 saturated carbocycles. The van der Waals surface area contributed by atoms with Gasteiger partial charge in [0.15, 0.2) is 11.5 Å². The van der Waals surface area contributed by atoms with Gasteiger partial charge >= 0.3 is 0 Å². The number of aromatic nitrogens is 4. The predicted octanol–water partition coefficient (Wildman–Crippen LogP) is 2.45. The van der Waals surface area contributed by atoms with Crippen molar-refractivity contribution < 1.29 is 9.87 Å². The summed E-state index contributed by atoms with van der Waals surface area (Å²) in [5.74, 6) is 0.434. The summed E-state index contributed by atoms with van der Waals surface area (Å²) in [6, 6.07) is 0.351. The number of fused-ring (bicyclic) bond motifs is 1. The largest absolute Gasteiger partial charge is 0.629 e. The van der Waals surface area contributed by atoms with Gasteiger partial charge in [-0.05, 0) is 25.0 Å². The van der Waals surface area contributed by atoms with Crippen molar-refractivity contribution >= 4 is 22.9 Å². The fourth-order valence-electron chi connectivity index (χ4n) is 2.91. The van der Waals surface area contributed by atoms with Crippen LogP contribution in [-0.4, -0.2) is 26.0 Å². The van der Waals surface area contributed by atoms with Gasteiger partial charge in [0, 0.05) is 12.1 Å². The minimum absolute atomic E-state index is 0.125. The fourth-order valence-corrected chi connectivity index (χ4v) is 2.91. The highest BCUT2D eigenvalue weighted by Crippen LogP contribution is 2.25. The molecule has 2 aromatic heterocycles. The third-order valence-electron chi connectivity index (χ3n) is 4.23. The van der Waals surface area contributed by atoms with Crippen LogP contribution in [0.5, 0.6) is 0 Å². The highest BCUT2D eigenvalue weighted by Gasteiger charge is 2.17. The van der Waals surface area contributed by atoms with Crippen LogP contribution in [0.2, 0.25) is 0 Å². The molecule has 0 radical (unpaired) electrons. The molecule has 2 heterocycles. The van der Waals surface area contributed by atoms with E-state index >= 15 is 0 Å². The van der Waals surface area contributed by atoms with Crippen LogP contribution in [0.15, 0.2) is 42.8 Å². The SMILES string of the molecule is C=C/C(F)=C\C=C(\Nc1nc(NC2CCCCC2)c2[nH]cnc2n1)[NH2+][O-]. The molecule has 0 aromatic carbocycles. The summed E-state index contributed by atoms with van der Waals surface area (Å²) in [6.45, 7) is 3.32. The van der Waals surface area contributed by atoms with Gasteiger partial charge in [-0.15, -0.1) is 0 Å². The van der Waals surface area contributed by atoms with E-state index in [9.17, 15) is 9.60 Å². The third kappa shape index (κ3) is 4.44. The van der Waals surface area contributed by atoms with Crippen LogP contribution in [0.4, 0.5) is 16.2 Å². The topological polar surface area (TPSA) is 118 Å². The molecule has 8 nitrogen and oxygen atoms in total. The number of rotatable bonds is 7. The lowest BCUT2D eigenvalue weighted by molar-refractivity contribution is -0.533. The molecule has 138 valence electrons. The van der Waals surface area contributed by atoms with E-state index in [-0.39, 0.29) is 11.8 Å². The number of hydrogen-bond donors (Lipinski definition) is 4. The molecular weight excluding hydrogens is 337 g/mol. The second-order valence-corrected chi connectivity index (χ2v) is 6.10. The van der Waals surface area contributed by atoms with Gasteiger partial charge in [-0.1, -0.05) is 25.8 Å². The van der Waals surface area contributed by atoms with Crippen molar-refractivity contribution in [3.05, 3.63) is 48.0 Å². The van der Waals surface area contributed by atoms with Crippen LogP contribution >= 0.6 is 0 Å². The molecule has 0 unspecified atom stereocenters. The molecule has 0 saturated heterocycles. The molecule has 1 aliphatic rings. The van der Waals surface area contributed by atoms with E-state index in [4.69, 9.17) is 0 Å². The molecule has 0 atom stereocenters. The molecule has 1 fully saturated rings. The summed E-state index contributed by atoms with van der Waals surface area (Å²) >= 11 is 0. The molecule has 26 heavy (non-hydrogen) atoms. The molecule has 5 N–H and O–H groups in total. The van der Waals surface area contributed by atoms with E-state index in [2.05, 4.69) is 37.1 Å². The summed E-state index contributed by atoms with van der Waals surface area (Å²) in [4.78, 5) is 16.0. The number of nitrogens with two attached hydrogens (primary N) is 1. The predicted molar refractivity (Wildman–Crippen MR) is 98.6 cm³/mol. The lowest BCUT2D eigenvalue weighted by Crippen LogP contribution is -2.76. The van der Waals surface area contributed by atoms with E-state index in [0.29, 0.717) is 23.0 Å². The number of anilines is 2. The van der Waals surface area contributed by atoms with Crippen molar-refractivity contribution in [2.24, 2.45) is 0 Å². The first-order chi connectivity index (χ1) is 12.7. The second kappa shape index (κ2) is 8.54. The molecule has 3 rings (SSSR count). The number of hydroxylamine groups is 1. The van der Waals surface area contributed by atoms with Crippen LogP contribution in [0.1, 0.15) is 32.1 Å². The van der Waals surface area contributed by atoms with E-state index in [0.717, 1.165) is 30.5 Å². The van der Waals surface area contributed by atoms with E-state index in [1.165, 1.54) is 25.3 Å². The molecule has 1 aliphatic carbocycles. The lowest BCUT2D eigenvalue weighted by atomic mass is 9.95. The Kier molecular flexibility index (Phi) is 5.92. The fraction of sp³-hybridized carbons (Fsp3) is 0.353. The van der Waals surface area contributed by atoms with Gasteiger partial charge in [0.05, 0.1) is 6.33 Å². The summed E-state index contributed by atoms with van der Waals surface area (Å²) < 4.78 is 13.2. The maximum absolute atomic E-state index is 13.2. The minimum atomic E-state index is -0.547. The maximum atomic E-state index is 13.2. The van der Waals surface area contributed by atoms with Gasteiger partial charge in [-0.3, -0.25) is 5.32 Å². The van der Waals surface area contributed by atoms with Crippen molar-refractivity contribution in [2.45, 2.75) is 38.1 Å². The highest BCUT2D eigenvalue weighted by atomic mass is 19.1. The third-order valence-corrected chi connectivity index (χ3v) is 4.23. The number of nitrogens with one attached hydrogen (secondary N) is 3. The Morgan fingerprint density at radius 2 is 2.12 bits per heavy atom. The Balaban J connectivity index is 1.85. The minimum Gasteiger partial charge on any atom is -0.629 e. The van der Waals surface area contributed by atoms with Crippen LogP contribution < -0.4 is 16.1 Å². The van der Waals surface area contributed by atoms with Gasteiger partial charge in [-0.2, -0.15) is 9.97 Å². The molecule has 0 spiro atoms. The monoisotopic (exact) mass is 359 g/mol. The normalized spacial score (nSPS) is 16.7. The Labute approximate surface area is 150 Å². The zero-order chi connectivity index (χ0) is 18.4. The first-order valence-corrected chi connectivity index (χ1v) is 8.59. The Morgan fingerprint density at radius 3 is 2.85 bits per heavy atom. The molecule has 2 aromatic rings. The zero-order valence-corrected chi connectivity index (χ0v) is 14.3. The lowest BCUT2D eigenvalue weighted by Gasteiger charge is -2.23. The standard InChI is InChI=1S/C17H22FN7O/c1-2-11(18)8-9-13(25-26)22-17-23-15-14(19-10-20-15)16(24-17)21-12-6-4-3-5-7-12/h2,8-10,12H,1,3-7,25H2,(H3,19,20,21,22,23,24)/b11-8+,13-9-. The van der Waals surface area contributed by atoms with Gasteiger partial charge in [-0.25, -0.2) is 9.37 Å². The van der Waals surface area contributed by atoms with E-state index in [1.807, 2.05) is 0 Å². The second-order valence-electron chi connectivity index (χ2n) is 6.10. The summed E-state index contributed by atoms with van der Waals surface area (Å²) in [6.07, 6.45) is 10.9. The number of imidazole rings is 1. The average Bonchev–Trinajstić information content (AvgIpc) is 3.14. The Morgan fingerprint density at radius 1 is 1.31 bits per heavy atom. The van der Waals surface area contributed by atoms with Crippen molar-refractivity contribution in [3.63, 3.8) is 0 Å². The van der Waals surface area contributed by atoms with Crippen molar-refractivity contribution in [1.29, 1.82) is 0 Å². The number of hydrogen-bond acceptors (Lipinski definition) is 6. The molecular formula is C17H22FN7O. The molecule has 0 bridgehead atoms. The smallest absolute Gasteiger partial charge is 0.235 e. The number of nitrogens with zero attached hydrogens (tertiary/aromatic N) is 3. The van der Waals surface area contributed by atoms with Crippen LogP contribution in [0.3, 0.4) is 0 Å².